The van der Waals surface area contributed by atoms with Gasteiger partial charge in [-0.3, -0.25) is 0 Å². The van der Waals surface area contributed by atoms with Crippen LogP contribution >= 0.6 is 22.6 Å². The van der Waals surface area contributed by atoms with Crippen LogP contribution in [0.1, 0.15) is 42.4 Å². The molecule has 0 unspecified atom stereocenters. The molecule has 6 atom stereocenters. The normalized spacial score (nSPS) is 26.5. The van der Waals surface area contributed by atoms with E-state index < -0.39 is 5.79 Å². The second-order valence-electron chi connectivity index (χ2n) is 11.6. The number of rotatable bonds is 15. The van der Waals surface area contributed by atoms with Gasteiger partial charge in [0.2, 0.25) is 0 Å². The molecule has 2 fully saturated rings. The third-order valence-corrected chi connectivity index (χ3v) is 10.1. The highest BCUT2D eigenvalue weighted by Crippen LogP contribution is 2.45. The molecule has 0 aliphatic carbocycles. The van der Waals surface area contributed by atoms with E-state index in [1.165, 1.54) is 0 Å². The summed E-state index contributed by atoms with van der Waals surface area (Å²) < 4.78 is 49.1. The molecule has 3 aromatic carbocycles. The highest BCUT2D eigenvalue weighted by atomic mass is 127. The van der Waals surface area contributed by atoms with E-state index in [0.29, 0.717) is 45.9 Å². The van der Waals surface area contributed by atoms with Crippen molar-refractivity contribution in [2.24, 2.45) is 0 Å². The van der Waals surface area contributed by atoms with Crippen molar-refractivity contribution in [3.8, 4) is 11.5 Å². The van der Waals surface area contributed by atoms with Gasteiger partial charge in [-0.1, -0.05) is 77.2 Å². The molecule has 2 heterocycles. The number of halogens is 1. The van der Waals surface area contributed by atoms with Crippen molar-refractivity contribution in [3.05, 3.63) is 95.6 Å². The van der Waals surface area contributed by atoms with Crippen LogP contribution in [0.4, 0.5) is 0 Å². The Kier molecular flexibility index (Phi) is 12.9. The molecule has 0 aromatic heterocycles. The van der Waals surface area contributed by atoms with Crippen LogP contribution in [0, 0.1) is 0 Å². The second-order valence-corrected chi connectivity index (χ2v) is 13.0. The molecule has 45 heavy (non-hydrogen) atoms. The van der Waals surface area contributed by atoms with Gasteiger partial charge < -0.3 is 37.9 Å². The van der Waals surface area contributed by atoms with Crippen LogP contribution in [0.3, 0.4) is 0 Å². The Morgan fingerprint density at radius 3 is 1.96 bits per heavy atom. The first-order chi connectivity index (χ1) is 22.0. The van der Waals surface area contributed by atoms with Crippen LogP contribution in [-0.4, -0.2) is 68.7 Å². The van der Waals surface area contributed by atoms with Crippen molar-refractivity contribution in [2.75, 3.05) is 34.5 Å². The van der Waals surface area contributed by atoms with Gasteiger partial charge in [0, 0.05) is 33.0 Å². The topological polar surface area (TPSA) is 73.8 Å². The Hall–Kier alpha value is -2.25. The lowest BCUT2D eigenvalue weighted by atomic mass is 9.88. The van der Waals surface area contributed by atoms with E-state index in [4.69, 9.17) is 37.9 Å². The lowest BCUT2D eigenvalue weighted by molar-refractivity contribution is -0.340. The summed E-state index contributed by atoms with van der Waals surface area (Å²) in [5, 5.41) is 0. The van der Waals surface area contributed by atoms with Crippen molar-refractivity contribution < 1.29 is 37.9 Å². The zero-order valence-electron chi connectivity index (χ0n) is 26.4. The Bertz CT molecular complexity index is 1270. The fourth-order valence-electron chi connectivity index (χ4n) is 5.93. The number of benzene rings is 3. The molecule has 244 valence electrons. The Labute approximate surface area is 280 Å². The van der Waals surface area contributed by atoms with Crippen LogP contribution in [0.15, 0.2) is 78.9 Å². The van der Waals surface area contributed by atoms with Gasteiger partial charge in [-0.25, -0.2) is 0 Å². The monoisotopic (exact) mass is 732 g/mol. The lowest BCUT2D eigenvalue weighted by Gasteiger charge is -2.52. The summed E-state index contributed by atoms with van der Waals surface area (Å²) in [6.07, 6.45) is 2.46. The fraction of sp³-hybridized carbons (Fsp3) is 0.500. The molecule has 0 amide bonds. The van der Waals surface area contributed by atoms with Gasteiger partial charge in [0.25, 0.3) is 0 Å². The van der Waals surface area contributed by atoms with Gasteiger partial charge in [-0.2, -0.15) is 0 Å². The molecule has 2 aliphatic rings. The predicted octanol–water partition coefficient (Wildman–Crippen LogP) is 6.90. The molecule has 8 nitrogen and oxygen atoms in total. The number of hydrogen-bond acceptors (Lipinski definition) is 8. The number of ether oxygens (including phenoxy) is 8. The maximum atomic E-state index is 6.89. The highest BCUT2D eigenvalue weighted by molar-refractivity contribution is 14.1. The average molecular weight is 733 g/mol. The van der Waals surface area contributed by atoms with Crippen LogP contribution in [-0.2, 0) is 48.2 Å². The molecule has 5 rings (SSSR count). The van der Waals surface area contributed by atoms with E-state index in [1.807, 2.05) is 66.7 Å². The van der Waals surface area contributed by atoms with Gasteiger partial charge in [-0.15, -0.1) is 0 Å². The smallest absolute Gasteiger partial charge is 0.185 e. The van der Waals surface area contributed by atoms with Crippen molar-refractivity contribution >= 4 is 22.6 Å². The third-order valence-electron chi connectivity index (χ3n) is 8.40. The first kappa shape index (κ1) is 34.1. The molecular weight excluding hydrogens is 687 g/mol. The minimum atomic E-state index is -0.871. The summed E-state index contributed by atoms with van der Waals surface area (Å²) in [5.41, 5.74) is 3.32. The van der Waals surface area contributed by atoms with Gasteiger partial charge >= 0.3 is 0 Å². The number of alkyl halides is 1. The summed E-state index contributed by atoms with van der Waals surface area (Å²) in [6, 6.07) is 26.1. The van der Waals surface area contributed by atoms with E-state index >= 15 is 0 Å². The largest absolute Gasteiger partial charge is 0.497 e. The van der Waals surface area contributed by atoms with Crippen molar-refractivity contribution in [2.45, 2.75) is 79.6 Å². The van der Waals surface area contributed by atoms with E-state index in [2.05, 4.69) is 34.7 Å². The summed E-state index contributed by atoms with van der Waals surface area (Å²) >= 11 is 2.46. The minimum Gasteiger partial charge on any atom is -0.497 e. The molecule has 1 spiro atoms. The number of hydrogen-bond donors (Lipinski definition) is 0. The summed E-state index contributed by atoms with van der Waals surface area (Å²) in [5.74, 6) is 0.788. The Morgan fingerprint density at radius 2 is 1.31 bits per heavy atom. The molecule has 0 radical (unpaired) electrons. The minimum absolute atomic E-state index is 0.00571. The SMILES string of the molecule is COc1ccc(COCC[C@@H]2C[C@H](OC)C[C@@]3(O2)O[C@@H](COCc2ccccc2)C[C@H](OCc2ccc(OC)cc2)[C@H]3I)cc1. The number of methoxy groups -OCH3 is 3. The van der Waals surface area contributed by atoms with Crippen molar-refractivity contribution in [1.29, 1.82) is 0 Å². The Morgan fingerprint density at radius 1 is 0.711 bits per heavy atom. The fourth-order valence-corrected chi connectivity index (χ4v) is 6.98. The van der Waals surface area contributed by atoms with E-state index in [9.17, 15) is 0 Å². The zero-order valence-corrected chi connectivity index (χ0v) is 28.6. The molecule has 3 aromatic rings. The van der Waals surface area contributed by atoms with Crippen molar-refractivity contribution in [1.82, 2.24) is 0 Å². The van der Waals surface area contributed by atoms with Gasteiger partial charge in [0.05, 0.1) is 69.0 Å². The highest BCUT2D eigenvalue weighted by Gasteiger charge is 2.55. The van der Waals surface area contributed by atoms with Gasteiger partial charge in [0.15, 0.2) is 5.79 Å². The molecule has 0 bridgehead atoms. The molecule has 2 aliphatic heterocycles. The molecular formula is C36H45IO8. The molecule has 2 saturated heterocycles. The maximum absolute atomic E-state index is 6.89. The van der Waals surface area contributed by atoms with E-state index in [-0.39, 0.29) is 28.3 Å². The summed E-state index contributed by atoms with van der Waals surface area (Å²) in [7, 11) is 5.11. The third kappa shape index (κ3) is 9.63. The lowest BCUT2D eigenvalue weighted by Crippen LogP contribution is -2.62. The van der Waals surface area contributed by atoms with Gasteiger partial charge in [0.1, 0.15) is 11.5 Å². The zero-order chi connectivity index (χ0) is 31.5. The molecule has 9 heteroatoms. The second kappa shape index (κ2) is 17.1. The molecule has 0 saturated carbocycles. The average Bonchev–Trinajstić information content (AvgIpc) is 3.08. The first-order valence-electron chi connectivity index (χ1n) is 15.6. The quantitative estimate of drug-likeness (QED) is 0.0951. The predicted molar refractivity (Wildman–Crippen MR) is 180 cm³/mol. The summed E-state index contributed by atoms with van der Waals surface area (Å²) in [6.45, 7) is 2.55. The molecule has 0 N–H and O–H groups in total. The maximum Gasteiger partial charge on any atom is 0.185 e. The van der Waals surface area contributed by atoms with Crippen LogP contribution < -0.4 is 9.47 Å². The Balaban J connectivity index is 1.24. The first-order valence-corrected chi connectivity index (χ1v) is 16.8. The van der Waals surface area contributed by atoms with E-state index in [1.54, 1.807) is 21.3 Å². The summed E-state index contributed by atoms with van der Waals surface area (Å²) in [4.78, 5) is 0. The van der Waals surface area contributed by atoms with Crippen LogP contribution in [0.25, 0.3) is 0 Å². The van der Waals surface area contributed by atoms with E-state index in [0.717, 1.165) is 41.0 Å². The van der Waals surface area contributed by atoms with Crippen molar-refractivity contribution in [3.63, 3.8) is 0 Å². The van der Waals surface area contributed by atoms with Gasteiger partial charge in [-0.05, 0) is 47.4 Å². The van der Waals surface area contributed by atoms with Crippen LogP contribution in [0.2, 0.25) is 0 Å². The standard InChI is InChI=1S/C36H45IO8/c1-38-29-13-9-27(10-14-29)22-41-18-17-31-19-32(40-3)21-36(44-31)35(37)34(43-24-28-11-15-30(39-2)16-12-28)20-33(45-36)25-42-23-26-7-5-4-6-8-26/h4-16,31-35H,17-25H2,1-3H3/t31-,32+,33-,34+,35-,36-/m1/s1. The van der Waals surface area contributed by atoms with Crippen LogP contribution in [0.5, 0.6) is 11.5 Å².